The summed E-state index contributed by atoms with van der Waals surface area (Å²) in [6, 6.07) is 12.5. The molecule has 1 heterocycles. The molecule has 0 saturated carbocycles. The molecule has 0 bridgehead atoms. The Hall–Kier alpha value is -3.06. The summed E-state index contributed by atoms with van der Waals surface area (Å²) in [6.07, 6.45) is 0. The van der Waals surface area contributed by atoms with E-state index in [-0.39, 0.29) is 18.3 Å². The van der Waals surface area contributed by atoms with Gasteiger partial charge in [0.1, 0.15) is 5.82 Å². The van der Waals surface area contributed by atoms with E-state index in [4.69, 9.17) is 0 Å². The van der Waals surface area contributed by atoms with Gasteiger partial charge in [0.05, 0.1) is 6.54 Å². The third-order valence-corrected chi connectivity index (χ3v) is 4.66. The molecule has 2 aromatic rings. The van der Waals surface area contributed by atoms with Gasteiger partial charge in [0, 0.05) is 37.4 Å². The van der Waals surface area contributed by atoms with Crippen molar-refractivity contribution in [2.45, 2.75) is 6.92 Å². The molecule has 0 aliphatic carbocycles. The average Bonchev–Trinajstić information content (AvgIpc) is 2.70. The standard InChI is InChI=1S/C21H22FN3O3/c1-15-2-4-16(5-3-15)20(27)21(28)25-12-10-24(11-13-25)14-19(26)23-18-8-6-17(22)7-9-18/h2-9H,10-14H2,1H3,(H,23,26). The maximum absolute atomic E-state index is 12.9. The number of amides is 2. The second-order valence-corrected chi connectivity index (χ2v) is 6.82. The van der Waals surface area contributed by atoms with E-state index in [9.17, 15) is 18.8 Å². The van der Waals surface area contributed by atoms with E-state index in [0.717, 1.165) is 5.56 Å². The smallest absolute Gasteiger partial charge is 0.295 e. The molecule has 1 N–H and O–H groups in total. The second kappa shape index (κ2) is 8.75. The second-order valence-electron chi connectivity index (χ2n) is 6.82. The van der Waals surface area contributed by atoms with Crippen molar-refractivity contribution >= 4 is 23.3 Å². The summed E-state index contributed by atoms with van der Waals surface area (Å²) >= 11 is 0. The highest BCUT2D eigenvalue weighted by Crippen LogP contribution is 2.10. The first-order valence-electron chi connectivity index (χ1n) is 9.10. The predicted molar refractivity (Wildman–Crippen MR) is 104 cm³/mol. The van der Waals surface area contributed by atoms with Crippen LogP contribution in [-0.2, 0) is 9.59 Å². The highest BCUT2D eigenvalue weighted by molar-refractivity contribution is 6.42. The van der Waals surface area contributed by atoms with Crippen molar-refractivity contribution in [1.29, 1.82) is 0 Å². The molecule has 2 aromatic carbocycles. The maximum Gasteiger partial charge on any atom is 0.295 e. The fraction of sp³-hybridized carbons (Fsp3) is 0.286. The number of rotatable bonds is 5. The Kier molecular flexibility index (Phi) is 6.16. The lowest BCUT2D eigenvalue weighted by Gasteiger charge is -2.33. The average molecular weight is 383 g/mol. The number of aryl methyl sites for hydroxylation is 1. The monoisotopic (exact) mass is 383 g/mol. The summed E-state index contributed by atoms with van der Waals surface area (Å²) < 4.78 is 12.9. The lowest BCUT2D eigenvalue weighted by molar-refractivity contribution is -0.128. The van der Waals surface area contributed by atoms with Crippen molar-refractivity contribution in [3.05, 3.63) is 65.5 Å². The summed E-state index contributed by atoms with van der Waals surface area (Å²) in [7, 11) is 0. The van der Waals surface area contributed by atoms with Crippen LogP contribution in [0.4, 0.5) is 10.1 Å². The number of halogens is 1. The van der Waals surface area contributed by atoms with Gasteiger partial charge in [-0.15, -0.1) is 0 Å². The van der Waals surface area contributed by atoms with E-state index in [0.29, 0.717) is 37.4 Å². The molecule has 7 heteroatoms. The Morgan fingerprint density at radius 1 is 0.929 bits per heavy atom. The molecule has 146 valence electrons. The first-order chi connectivity index (χ1) is 13.4. The Morgan fingerprint density at radius 3 is 2.14 bits per heavy atom. The number of piperazine rings is 1. The van der Waals surface area contributed by atoms with Gasteiger partial charge >= 0.3 is 0 Å². The number of Topliss-reactive ketones (excluding diaryl/α,β-unsaturated/α-hetero) is 1. The molecule has 3 rings (SSSR count). The summed E-state index contributed by atoms with van der Waals surface area (Å²) in [6.45, 7) is 3.88. The summed E-state index contributed by atoms with van der Waals surface area (Å²) in [5, 5.41) is 2.71. The number of carbonyl (C=O) groups excluding carboxylic acids is 3. The largest absolute Gasteiger partial charge is 0.333 e. The van der Waals surface area contributed by atoms with Crippen LogP contribution >= 0.6 is 0 Å². The molecule has 1 aliphatic rings. The van der Waals surface area contributed by atoms with Gasteiger partial charge < -0.3 is 10.2 Å². The van der Waals surface area contributed by atoms with Gasteiger partial charge in [0.15, 0.2) is 0 Å². The van der Waals surface area contributed by atoms with Crippen LogP contribution in [0.25, 0.3) is 0 Å². The molecule has 28 heavy (non-hydrogen) atoms. The van der Waals surface area contributed by atoms with Crippen LogP contribution in [0.3, 0.4) is 0 Å². The van der Waals surface area contributed by atoms with E-state index in [1.54, 1.807) is 24.3 Å². The zero-order valence-electron chi connectivity index (χ0n) is 15.7. The van der Waals surface area contributed by atoms with Gasteiger partial charge in [-0.3, -0.25) is 19.3 Å². The van der Waals surface area contributed by atoms with Gasteiger partial charge in [-0.2, -0.15) is 0 Å². The van der Waals surface area contributed by atoms with Crippen LogP contribution in [0.5, 0.6) is 0 Å². The first-order valence-corrected chi connectivity index (χ1v) is 9.10. The van der Waals surface area contributed by atoms with Crippen LogP contribution in [0.1, 0.15) is 15.9 Å². The molecule has 6 nitrogen and oxygen atoms in total. The van der Waals surface area contributed by atoms with Crippen molar-refractivity contribution < 1.29 is 18.8 Å². The normalized spacial score (nSPS) is 14.6. The van der Waals surface area contributed by atoms with E-state index < -0.39 is 11.7 Å². The van der Waals surface area contributed by atoms with E-state index >= 15 is 0 Å². The lowest BCUT2D eigenvalue weighted by Crippen LogP contribution is -2.52. The minimum absolute atomic E-state index is 0.172. The van der Waals surface area contributed by atoms with Crippen molar-refractivity contribution in [3.8, 4) is 0 Å². The Labute approximate surface area is 162 Å². The summed E-state index contributed by atoms with van der Waals surface area (Å²) in [5.41, 5.74) is 1.94. The minimum atomic E-state index is -0.515. The van der Waals surface area contributed by atoms with Crippen LogP contribution in [0, 0.1) is 12.7 Å². The fourth-order valence-electron chi connectivity index (χ4n) is 3.02. The Balaban J connectivity index is 1.47. The number of nitrogens with zero attached hydrogens (tertiary/aromatic N) is 2. The predicted octanol–water partition coefficient (Wildman–Crippen LogP) is 2.10. The van der Waals surface area contributed by atoms with Gasteiger partial charge in [0.25, 0.3) is 5.91 Å². The zero-order chi connectivity index (χ0) is 20.1. The Bertz CT molecular complexity index is 857. The minimum Gasteiger partial charge on any atom is -0.333 e. The molecular formula is C21H22FN3O3. The number of hydrogen-bond donors (Lipinski definition) is 1. The number of carbonyl (C=O) groups is 3. The van der Waals surface area contributed by atoms with Crippen LogP contribution in [0.15, 0.2) is 48.5 Å². The highest BCUT2D eigenvalue weighted by Gasteiger charge is 2.27. The first kappa shape index (κ1) is 19.7. The fourth-order valence-corrected chi connectivity index (χ4v) is 3.02. The molecule has 0 unspecified atom stereocenters. The van der Waals surface area contributed by atoms with Crippen molar-refractivity contribution in [1.82, 2.24) is 9.80 Å². The van der Waals surface area contributed by atoms with Gasteiger partial charge in [-0.25, -0.2) is 4.39 Å². The molecule has 2 amide bonds. The molecule has 1 saturated heterocycles. The Morgan fingerprint density at radius 2 is 1.54 bits per heavy atom. The number of anilines is 1. The maximum atomic E-state index is 12.9. The SMILES string of the molecule is Cc1ccc(C(=O)C(=O)N2CCN(CC(=O)Nc3ccc(F)cc3)CC2)cc1. The van der Waals surface area contributed by atoms with E-state index in [2.05, 4.69) is 5.32 Å². The highest BCUT2D eigenvalue weighted by atomic mass is 19.1. The number of ketones is 1. The molecule has 1 fully saturated rings. The van der Waals surface area contributed by atoms with Crippen molar-refractivity contribution in [2.75, 3.05) is 38.0 Å². The molecule has 0 radical (unpaired) electrons. The molecule has 0 aromatic heterocycles. The van der Waals surface area contributed by atoms with Crippen molar-refractivity contribution in [2.24, 2.45) is 0 Å². The molecule has 0 spiro atoms. The number of nitrogens with one attached hydrogen (secondary N) is 1. The zero-order valence-corrected chi connectivity index (χ0v) is 15.7. The van der Waals surface area contributed by atoms with E-state index in [1.807, 2.05) is 11.8 Å². The van der Waals surface area contributed by atoms with Crippen LogP contribution in [0.2, 0.25) is 0 Å². The summed E-state index contributed by atoms with van der Waals surface area (Å²) in [4.78, 5) is 40.3. The van der Waals surface area contributed by atoms with Gasteiger partial charge in [0.2, 0.25) is 11.7 Å². The van der Waals surface area contributed by atoms with E-state index in [1.165, 1.54) is 29.2 Å². The lowest BCUT2D eigenvalue weighted by atomic mass is 10.1. The van der Waals surface area contributed by atoms with Crippen LogP contribution < -0.4 is 5.32 Å². The topological polar surface area (TPSA) is 69.7 Å². The van der Waals surface area contributed by atoms with Gasteiger partial charge in [-0.1, -0.05) is 29.8 Å². The van der Waals surface area contributed by atoms with Crippen molar-refractivity contribution in [3.63, 3.8) is 0 Å². The third-order valence-electron chi connectivity index (χ3n) is 4.66. The molecular weight excluding hydrogens is 361 g/mol. The summed E-state index contributed by atoms with van der Waals surface area (Å²) in [5.74, 6) is -1.59. The number of hydrogen-bond acceptors (Lipinski definition) is 4. The van der Waals surface area contributed by atoms with Gasteiger partial charge in [-0.05, 0) is 31.2 Å². The quantitative estimate of drug-likeness (QED) is 0.634. The van der Waals surface area contributed by atoms with Crippen LogP contribution in [-0.4, -0.2) is 60.1 Å². The third kappa shape index (κ3) is 5.01. The number of benzene rings is 2. The molecule has 1 aliphatic heterocycles. The molecule has 0 atom stereocenters.